The fraction of sp³-hybridized carbons (Fsp3) is 0.294. The van der Waals surface area contributed by atoms with Crippen LogP contribution in [-0.4, -0.2) is 37.2 Å². The number of amides is 1. The van der Waals surface area contributed by atoms with Gasteiger partial charge in [-0.1, -0.05) is 24.3 Å². The van der Waals surface area contributed by atoms with Crippen molar-refractivity contribution in [2.24, 2.45) is 0 Å². The van der Waals surface area contributed by atoms with E-state index in [1.54, 1.807) is 12.1 Å². The van der Waals surface area contributed by atoms with Crippen LogP contribution in [0.25, 0.3) is 0 Å². The molecule has 2 heterocycles. The monoisotopic (exact) mass is 297 g/mol. The summed E-state index contributed by atoms with van der Waals surface area (Å²) in [6.07, 6.45) is 1.82. The highest BCUT2D eigenvalue weighted by molar-refractivity contribution is 5.94. The molecule has 1 aliphatic rings. The third kappa shape index (κ3) is 3.62. The highest BCUT2D eigenvalue weighted by atomic mass is 16.5. The topological polar surface area (TPSA) is 54.5 Å². The first-order valence-corrected chi connectivity index (χ1v) is 7.44. The van der Waals surface area contributed by atoms with E-state index in [0.717, 1.165) is 37.7 Å². The third-order valence-electron chi connectivity index (χ3n) is 3.63. The van der Waals surface area contributed by atoms with E-state index in [4.69, 9.17) is 4.74 Å². The molecule has 1 N–H and O–H groups in total. The highest BCUT2D eigenvalue weighted by Crippen LogP contribution is 2.13. The van der Waals surface area contributed by atoms with Crippen molar-refractivity contribution in [2.75, 3.05) is 31.2 Å². The summed E-state index contributed by atoms with van der Waals surface area (Å²) in [5, 5.41) is 2.90. The molecule has 0 saturated carbocycles. The summed E-state index contributed by atoms with van der Waals surface area (Å²) in [5.41, 5.74) is 1.65. The van der Waals surface area contributed by atoms with Crippen molar-refractivity contribution < 1.29 is 9.53 Å². The van der Waals surface area contributed by atoms with Crippen molar-refractivity contribution in [3.05, 3.63) is 59.8 Å². The van der Waals surface area contributed by atoms with E-state index in [1.165, 1.54) is 0 Å². The number of morpholine rings is 1. The van der Waals surface area contributed by atoms with E-state index >= 15 is 0 Å². The minimum Gasteiger partial charge on any atom is -0.378 e. The van der Waals surface area contributed by atoms with Gasteiger partial charge in [-0.05, 0) is 23.8 Å². The quantitative estimate of drug-likeness (QED) is 0.936. The summed E-state index contributed by atoms with van der Waals surface area (Å²) < 4.78 is 5.33. The normalized spacial score (nSPS) is 14.6. The summed E-state index contributed by atoms with van der Waals surface area (Å²) in [7, 11) is 0. The van der Waals surface area contributed by atoms with Crippen LogP contribution in [0.15, 0.2) is 48.7 Å². The number of pyridine rings is 1. The van der Waals surface area contributed by atoms with Crippen LogP contribution in [0.3, 0.4) is 0 Å². The third-order valence-corrected chi connectivity index (χ3v) is 3.63. The van der Waals surface area contributed by atoms with E-state index in [0.29, 0.717) is 12.1 Å². The first-order chi connectivity index (χ1) is 10.8. The number of carbonyl (C=O) groups excluding carboxylic acids is 1. The van der Waals surface area contributed by atoms with Crippen molar-refractivity contribution >= 4 is 11.7 Å². The molecule has 0 radical (unpaired) electrons. The van der Waals surface area contributed by atoms with E-state index in [2.05, 4.69) is 15.2 Å². The number of carbonyl (C=O) groups is 1. The van der Waals surface area contributed by atoms with Crippen LogP contribution < -0.4 is 10.2 Å². The second kappa shape index (κ2) is 7.04. The summed E-state index contributed by atoms with van der Waals surface area (Å²) in [6.45, 7) is 3.71. The van der Waals surface area contributed by atoms with Gasteiger partial charge >= 0.3 is 0 Å². The van der Waals surface area contributed by atoms with Gasteiger partial charge < -0.3 is 15.0 Å². The van der Waals surface area contributed by atoms with E-state index in [9.17, 15) is 4.79 Å². The van der Waals surface area contributed by atoms with Gasteiger partial charge in [0, 0.05) is 31.4 Å². The molecule has 1 aromatic heterocycles. The summed E-state index contributed by atoms with van der Waals surface area (Å²) in [6, 6.07) is 13.2. The predicted octanol–water partition coefficient (Wildman–Crippen LogP) is 1.85. The van der Waals surface area contributed by atoms with E-state index in [-0.39, 0.29) is 5.91 Å². The Morgan fingerprint density at radius 3 is 2.59 bits per heavy atom. The maximum Gasteiger partial charge on any atom is 0.251 e. The minimum atomic E-state index is -0.0714. The molecule has 1 fully saturated rings. The molecule has 0 spiro atoms. The van der Waals surface area contributed by atoms with Crippen molar-refractivity contribution in [2.45, 2.75) is 6.54 Å². The van der Waals surface area contributed by atoms with Gasteiger partial charge in [0.15, 0.2) is 0 Å². The number of aromatic nitrogens is 1. The molecule has 3 rings (SSSR count). The Labute approximate surface area is 129 Å². The molecule has 1 saturated heterocycles. The number of anilines is 1. The molecule has 22 heavy (non-hydrogen) atoms. The number of ether oxygens (including phenoxy) is 1. The molecule has 0 bridgehead atoms. The lowest BCUT2D eigenvalue weighted by Gasteiger charge is -2.27. The summed E-state index contributed by atoms with van der Waals surface area (Å²) >= 11 is 0. The molecule has 0 atom stereocenters. The van der Waals surface area contributed by atoms with Crippen molar-refractivity contribution in [3.63, 3.8) is 0 Å². The molecule has 5 nitrogen and oxygen atoms in total. The van der Waals surface area contributed by atoms with Gasteiger partial charge in [-0.2, -0.15) is 0 Å². The molecule has 2 aromatic rings. The number of benzene rings is 1. The van der Waals surface area contributed by atoms with E-state index < -0.39 is 0 Å². The summed E-state index contributed by atoms with van der Waals surface area (Å²) in [4.78, 5) is 18.7. The Balaban J connectivity index is 1.56. The molecule has 114 valence electrons. The SMILES string of the molecule is O=C(NCc1ccc(N2CCOCC2)nc1)c1ccccc1. The molecular formula is C17H19N3O2. The van der Waals surface area contributed by atoms with Crippen LogP contribution in [0.5, 0.6) is 0 Å². The maximum absolute atomic E-state index is 12.0. The molecule has 0 unspecified atom stereocenters. The van der Waals surface area contributed by atoms with Crippen molar-refractivity contribution in [1.82, 2.24) is 10.3 Å². The summed E-state index contributed by atoms with van der Waals surface area (Å²) in [5.74, 6) is 0.888. The van der Waals surface area contributed by atoms with Crippen molar-refractivity contribution in [3.8, 4) is 0 Å². The molecule has 1 aliphatic heterocycles. The van der Waals surface area contributed by atoms with Crippen LogP contribution in [-0.2, 0) is 11.3 Å². The lowest BCUT2D eigenvalue weighted by molar-refractivity contribution is 0.0951. The fourth-order valence-corrected chi connectivity index (χ4v) is 2.37. The Kier molecular flexibility index (Phi) is 4.65. The largest absolute Gasteiger partial charge is 0.378 e. The van der Waals surface area contributed by atoms with Gasteiger partial charge in [-0.3, -0.25) is 4.79 Å². The minimum absolute atomic E-state index is 0.0714. The van der Waals surface area contributed by atoms with Crippen molar-refractivity contribution in [1.29, 1.82) is 0 Å². The van der Waals surface area contributed by atoms with Gasteiger partial charge in [0.05, 0.1) is 13.2 Å². The predicted molar refractivity (Wildman–Crippen MR) is 84.9 cm³/mol. The first-order valence-electron chi connectivity index (χ1n) is 7.44. The average Bonchev–Trinajstić information content (AvgIpc) is 2.61. The van der Waals surface area contributed by atoms with Crippen LogP contribution in [0.4, 0.5) is 5.82 Å². The lowest BCUT2D eigenvalue weighted by atomic mass is 10.2. The van der Waals surface area contributed by atoms with Crippen LogP contribution in [0.2, 0.25) is 0 Å². The Hall–Kier alpha value is -2.40. The number of nitrogens with one attached hydrogen (secondary N) is 1. The maximum atomic E-state index is 12.0. The van der Waals surface area contributed by atoms with Gasteiger partial charge in [0.1, 0.15) is 5.82 Å². The zero-order valence-electron chi connectivity index (χ0n) is 12.4. The zero-order chi connectivity index (χ0) is 15.2. The van der Waals surface area contributed by atoms with Crippen LogP contribution >= 0.6 is 0 Å². The zero-order valence-corrected chi connectivity index (χ0v) is 12.4. The molecule has 0 aliphatic carbocycles. The smallest absolute Gasteiger partial charge is 0.251 e. The standard InChI is InChI=1S/C17H19N3O2/c21-17(15-4-2-1-3-5-15)19-13-14-6-7-16(18-12-14)20-8-10-22-11-9-20/h1-7,12H,8-11,13H2,(H,19,21). The fourth-order valence-electron chi connectivity index (χ4n) is 2.37. The second-order valence-corrected chi connectivity index (χ2v) is 5.17. The first kappa shape index (κ1) is 14.5. The lowest BCUT2D eigenvalue weighted by Crippen LogP contribution is -2.36. The van der Waals surface area contributed by atoms with Crippen LogP contribution in [0.1, 0.15) is 15.9 Å². The molecule has 5 heteroatoms. The van der Waals surface area contributed by atoms with Gasteiger partial charge in [-0.25, -0.2) is 4.98 Å². The molecular weight excluding hydrogens is 278 g/mol. The molecule has 1 aromatic carbocycles. The number of hydrogen-bond acceptors (Lipinski definition) is 4. The van der Waals surface area contributed by atoms with E-state index in [1.807, 2.05) is 36.5 Å². The number of hydrogen-bond donors (Lipinski definition) is 1. The average molecular weight is 297 g/mol. The number of rotatable bonds is 4. The Morgan fingerprint density at radius 1 is 1.14 bits per heavy atom. The highest BCUT2D eigenvalue weighted by Gasteiger charge is 2.12. The Morgan fingerprint density at radius 2 is 1.91 bits per heavy atom. The second-order valence-electron chi connectivity index (χ2n) is 5.17. The van der Waals surface area contributed by atoms with Gasteiger partial charge in [0.25, 0.3) is 5.91 Å². The van der Waals surface area contributed by atoms with Crippen LogP contribution in [0, 0.1) is 0 Å². The Bertz CT molecular complexity index is 608. The van der Waals surface area contributed by atoms with Gasteiger partial charge in [0.2, 0.25) is 0 Å². The van der Waals surface area contributed by atoms with Gasteiger partial charge in [-0.15, -0.1) is 0 Å². The molecule has 1 amide bonds. The number of nitrogens with zero attached hydrogens (tertiary/aromatic N) is 2.